The van der Waals surface area contributed by atoms with E-state index in [0.29, 0.717) is 35.3 Å². The molecule has 0 bridgehead atoms. The fourth-order valence-electron chi connectivity index (χ4n) is 4.91. The third kappa shape index (κ3) is 8.43. The van der Waals surface area contributed by atoms with Crippen LogP contribution in [0.2, 0.25) is 5.02 Å². The van der Waals surface area contributed by atoms with E-state index >= 15 is 0 Å². The molecule has 0 unspecified atom stereocenters. The Morgan fingerprint density at radius 3 is 2.49 bits per heavy atom. The van der Waals surface area contributed by atoms with Crippen LogP contribution >= 0.6 is 11.6 Å². The van der Waals surface area contributed by atoms with Gasteiger partial charge in [-0.3, -0.25) is 19.1 Å². The lowest BCUT2D eigenvalue weighted by Gasteiger charge is -2.25. The number of carbonyl (C=O) groups excluding carboxylic acids is 2. The van der Waals surface area contributed by atoms with E-state index < -0.39 is 5.41 Å². The minimum Gasteiger partial charge on any atom is -0.478 e. The number of para-hydroxylation sites is 1. The van der Waals surface area contributed by atoms with E-state index in [9.17, 15) is 14.4 Å². The highest BCUT2D eigenvalue weighted by molar-refractivity contribution is 6.30. The summed E-state index contributed by atoms with van der Waals surface area (Å²) in [6.07, 6.45) is 1.61. The molecule has 0 spiro atoms. The first-order valence-electron chi connectivity index (χ1n) is 13.7. The van der Waals surface area contributed by atoms with Crippen molar-refractivity contribution in [2.45, 2.75) is 46.5 Å². The number of rotatable bonds is 13. The second kappa shape index (κ2) is 13.8. The van der Waals surface area contributed by atoms with Crippen LogP contribution in [0.15, 0.2) is 47.4 Å². The zero-order chi connectivity index (χ0) is 30.3. The number of hydrogen-bond donors (Lipinski definition) is 2. The quantitative estimate of drug-likeness (QED) is 0.314. The highest BCUT2D eigenvalue weighted by Crippen LogP contribution is 2.26. The molecule has 0 radical (unpaired) electrons. The van der Waals surface area contributed by atoms with Crippen LogP contribution in [0.25, 0.3) is 5.69 Å². The number of amides is 2. The molecule has 0 aliphatic rings. The predicted octanol–water partition coefficient (Wildman–Crippen LogP) is 4.00. The molecular weight excluding hydrogens is 544 g/mol. The Kier molecular flexibility index (Phi) is 10.8. The summed E-state index contributed by atoms with van der Waals surface area (Å²) in [6, 6.07) is 11.0. The summed E-state index contributed by atoms with van der Waals surface area (Å²) in [5.41, 5.74) is 1.44. The molecule has 222 valence electrons. The standard InChI is InChI=1S/C30H41ClN6O4/c1-8-41-28-21(14-22(31)17-32-28)15-24(38)33-19-30(3,4)16-25(39)34-26-27(20(2)18-35(5)6)36(7)37(29(26)40)23-12-10-9-11-13-23/h9-14,17,20H,8,15-16,18-19H2,1-7H3,(H,33,38)(H,34,39)/t20-/m1/s1. The number of halogens is 1. The van der Waals surface area contributed by atoms with E-state index in [4.69, 9.17) is 16.3 Å². The van der Waals surface area contributed by atoms with Gasteiger partial charge >= 0.3 is 0 Å². The van der Waals surface area contributed by atoms with Crippen molar-refractivity contribution in [2.75, 3.05) is 39.1 Å². The van der Waals surface area contributed by atoms with Gasteiger partial charge in [0, 0.05) is 44.2 Å². The molecule has 3 aromatic rings. The monoisotopic (exact) mass is 584 g/mol. The van der Waals surface area contributed by atoms with E-state index in [-0.39, 0.29) is 48.4 Å². The largest absolute Gasteiger partial charge is 0.478 e. The molecule has 2 heterocycles. The van der Waals surface area contributed by atoms with E-state index in [1.807, 2.05) is 88.8 Å². The van der Waals surface area contributed by atoms with E-state index in [0.717, 1.165) is 5.69 Å². The third-order valence-electron chi connectivity index (χ3n) is 6.61. The maximum Gasteiger partial charge on any atom is 0.295 e. The summed E-state index contributed by atoms with van der Waals surface area (Å²) < 4.78 is 8.90. The minimum absolute atomic E-state index is 0.0298. The van der Waals surface area contributed by atoms with Crippen molar-refractivity contribution in [1.82, 2.24) is 24.6 Å². The average Bonchev–Trinajstić information content (AvgIpc) is 3.13. The molecule has 2 aromatic heterocycles. The van der Waals surface area contributed by atoms with Gasteiger partial charge in [-0.2, -0.15) is 0 Å². The molecule has 2 N–H and O–H groups in total. The summed E-state index contributed by atoms with van der Waals surface area (Å²) in [6.45, 7) is 9.02. The molecule has 2 amide bonds. The Balaban J connectivity index is 1.74. The van der Waals surface area contributed by atoms with Crippen LogP contribution in [0.3, 0.4) is 0 Å². The third-order valence-corrected chi connectivity index (χ3v) is 6.82. The number of anilines is 1. The number of ether oxygens (including phenoxy) is 1. The molecule has 0 aliphatic heterocycles. The molecule has 41 heavy (non-hydrogen) atoms. The molecule has 0 fully saturated rings. The number of carbonyl (C=O) groups is 2. The predicted molar refractivity (Wildman–Crippen MR) is 162 cm³/mol. The Labute approximate surface area is 246 Å². The zero-order valence-corrected chi connectivity index (χ0v) is 25.7. The fourth-order valence-corrected chi connectivity index (χ4v) is 5.09. The highest BCUT2D eigenvalue weighted by Gasteiger charge is 2.28. The summed E-state index contributed by atoms with van der Waals surface area (Å²) in [4.78, 5) is 45.9. The van der Waals surface area contributed by atoms with Gasteiger partial charge in [-0.05, 0) is 44.6 Å². The molecule has 3 rings (SSSR count). The molecule has 0 saturated carbocycles. The molecule has 1 aromatic carbocycles. The lowest BCUT2D eigenvalue weighted by atomic mass is 9.88. The number of benzene rings is 1. The van der Waals surface area contributed by atoms with Gasteiger partial charge in [0.2, 0.25) is 17.7 Å². The van der Waals surface area contributed by atoms with Gasteiger partial charge in [0.1, 0.15) is 5.69 Å². The number of pyridine rings is 1. The Morgan fingerprint density at radius 1 is 1.17 bits per heavy atom. The lowest BCUT2D eigenvalue weighted by molar-refractivity contribution is -0.122. The van der Waals surface area contributed by atoms with Gasteiger partial charge in [0.15, 0.2) is 0 Å². The van der Waals surface area contributed by atoms with Crippen LogP contribution in [-0.2, 0) is 23.1 Å². The molecular formula is C30H41ClN6O4. The number of nitrogens with one attached hydrogen (secondary N) is 2. The maximum absolute atomic E-state index is 13.6. The van der Waals surface area contributed by atoms with Crippen molar-refractivity contribution in [1.29, 1.82) is 0 Å². The van der Waals surface area contributed by atoms with Gasteiger partial charge in [-0.15, -0.1) is 0 Å². The van der Waals surface area contributed by atoms with Crippen LogP contribution in [0.4, 0.5) is 5.69 Å². The zero-order valence-electron chi connectivity index (χ0n) is 25.0. The van der Waals surface area contributed by atoms with Crippen LogP contribution in [0.1, 0.15) is 51.3 Å². The topological polar surface area (TPSA) is 110 Å². The van der Waals surface area contributed by atoms with Crippen molar-refractivity contribution in [2.24, 2.45) is 12.5 Å². The van der Waals surface area contributed by atoms with Crippen LogP contribution in [0.5, 0.6) is 5.88 Å². The number of likely N-dealkylation sites (N-methyl/N-ethyl adjacent to an activating group) is 1. The molecule has 1 atom stereocenters. The van der Waals surface area contributed by atoms with Crippen LogP contribution in [0, 0.1) is 5.41 Å². The maximum atomic E-state index is 13.6. The van der Waals surface area contributed by atoms with Crippen LogP contribution in [-0.4, -0.2) is 64.9 Å². The number of nitrogens with zero attached hydrogens (tertiary/aromatic N) is 4. The van der Waals surface area contributed by atoms with Crippen molar-refractivity contribution >= 4 is 29.1 Å². The smallest absolute Gasteiger partial charge is 0.295 e. The summed E-state index contributed by atoms with van der Waals surface area (Å²) >= 11 is 6.06. The fraction of sp³-hybridized carbons (Fsp3) is 0.467. The van der Waals surface area contributed by atoms with Gasteiger partial charge in [-0.1, -0.05) is 50.6 Å². The highest BCUT2D eigenvalue weighted by atomic mass is 35.5. The summed E-state index contributed by atoms with van der Waals surface area (Å²) in [5, 5.41) is 6.23. The van der Waals surface area contributed by atoms with Crippen molar-refractivity contribution in [3.63, 3.8) is 0 Å². The Bertz CT molecular complexity index is 1410. The first-order chi connectivity index (χ1) is 19.3. The van der Waals surface area contributed by atoms with E-state index in [2.05, 4.69) is 15.6 Å². The van der Waals surface area contributed by atoms with Gasteiger partial charge in [-0.25, -0.2) is 9.67 Å². The molecule has 0 saturated heterocycles. The minimum atomic E-state index is -0.586. The first kappa shape index (κ1) is 31.9. The second-order valence-electron chi connectivity index (χ2n) is 11.3. The Hall–Kier alpha value is -3.63. The normalized spacial score (nSPS) is 12.3. The lowest BCUT2D eigenvalue weighted by Crippen LogP contribution is -2.37. The molecule has 10 nitrogen and oxygen atoms in total. The summed E-state index contributed by atoms with van der Waals surface area (Å²) in [5.74, 6) is -0.202. The van der Waals surface area contributed by atoms with Gasteiger partial charge in [0.05, 0.1) is 29.4 Å². The van der Waals surface area contributed by atoms with Crippen molar-refractivity contribution < 1.29 is 14.3 Å². The molecule has 11 heteroatoms. The van der Waals surface area contributed by atoms with Crippen molar-refractivity contribution in [3.8, 4) is 11.6 Å². The summed E-state index contributed by atoms with van der Waals surface area (Å²) in [7, 11) is 5.77. The second-order valence-corrected chi connectivity index (χ2v) is 11.7. The SMILES string of the molecule is CCOc1ncc(Cl)cc1CC(=O)NCC(C)(C)CC(=O)Nc1c([C@H](C)CN(C)C)n(C)n(-c2ccccc2)c1=O. The van der Waals surface area contributed by atoms with Crippen LogP contribution < -0.4 is 20.9 Å². The van der Waals surface area contributed by atoms with Crippen molar-refractivity contribution in [3.05, 3.63) is 69.2 Å². The van der Waals surface area contributed by atoms with E-state index in [1.54, 1.807) is 10.7 Å². The average molecular weight is 585 g/mol. The molecule has 0 aliphatic carbocycles. The first-order valence-corrected chi connectivity index (χ1v) is 14.1. The Morgan fingerprint density at radius 2 is 1.85 bits per heavy atom. The number of hydrogen-bond acceptors (Lipinski definition) is 6. The number of aromatic nitrogens is 3. The van der Waals surface area contributed by atoms with Gasteiger partial charge in [0.25, 0.3) is 5.56 Å². The van der Waals surface area contributed by atoms with Gasteiger partial charge < -0.3 is 20.3 Å². The van der Waals surface area contributed by atoms with E-state index in [1.165, 1.54) is 6.20 Å².